The maximum Gasteiger partial charge on any atom is 0.350 e. The quantitative estimate of drug-likeness (QED) is 0.849. The first kappa shape index (κ1) is 14.4. The van der Waals surface area contributed by atoms with Crippen molar-refractivity contribution in [3.63, 3.8) is 0 Å². The predicted octanol–water partition coefficient (Wildman–Crippen LogP) is 0.0965. The van der Waals surface area contributed by atoms with Gasteiger partial charge in [-0.1, -0.05) is 6.07 Å². The Labute approximate surface area is 133 Å². The number of nitrogens with zero attached hydrogens (tertiary/aromatic N) is 4. The van der Waals surface area contributed by atoms with Crippen molar-refractivity contribution >= 4 is 11.6 Å². The molecule has 1 N–H and O–H groups in total. The van der Waals surface area contributed by atoms with Crippen LogP contribution in [0.2, 0.25) is 0 Å². The van der Waals surface area contributed by atoms with Crippen LogP contribution < -0.4 is 11.0 Å². The number of amides is 1. The van der Waals surface area contributed by atoms with Crippen molar-refractivity contribution < 1.29 is 4.79 Å². The molecule has 2 aliphatic rings. The van der Waals surface area contributed by atoms with Gasteiger partial charge in [0.05, 0.1) is 0 Å². The summed E-state index contributed by atoms with van der Waals surface area (Å²) < 4.78 is 2.66. The van der Waals surface area contributed by atoms with Gasteiger partial charge in [0.2, 0.25) is 5.91 Å². The number of likely N-dealkylation sites (tertiary alicyclic amines) is 1. The minimum absolute atomic E-state index is 0.0282. The van der Waals surface area contributed by atoms with Gasteiger partial charge < -0.3 is 10.2 Å². The summed E-state index contributed by atoms with van der Waals surface area (Å²) in [6, 6.07) is 6.14. The molecule has 2 aromatic heterocycles. The number of carbonyl (C=O) groups excluding carboxylic acids is 1. The molecule has 2 fully saturated rings. The third-order valence-electron chi connectivity index (χ3n) is 4.75. The molecular formula is C16H21N5O2. The zero-order valence-electron chi connectivity index (χ0n) is 13.0. The molecule has 1 saturated heterocycles. The molecule has 122 valence electrons. The molecule has 0 radical (unpaired) electrons. The van der Waals surface area contributed by atoms with Crippen LogP contribution in [-0.2, 0) is 11.3 Å². The van der Waals surface area contributed by atoms with Crippen molar-refractivity contribution in [3.05, 3.63) is 34.9 Å². The van der Waals surface area contributed by atoms with Crippen LogP contribution in [0, 0.1) is 5.92 Å². The average molecular weight is 315 g/mol. The second-order valence-corrected chi connectivity index (χ2v) is 6.55. The summed E-state index contributed by atoms with van der Waals surface area (Å²) in [6.45, 7) is 2.89. The molecule has 4 rings (SSSR count). The standard InChI is InChI=1S/C16H21N5O2/c22-15(17-9-12-6-8-19(10-12)13-4-5-13)11-21-16(23)20-7-2-1-3-14(20)18-21/h1-3,7,12-13H,4-6,8-11H2,(H,17,22). The smallest absolute Gasteiger partial charge is 0.350 e. The van der Waals surface area contributed by atoms with Crippen LogP contribution in [0.4, 0.5) is 0 Å². The number of pyridine rings is 1. The lowest BCUT2D eigenvalue weighted by Gasteiger charge is -2.15. The highest BCUT2D eigenvalue weighted by atomic mass is 16.2. The molecule has 2 aromatic rings. The normalized spacial score (nSPS) is 21.8. The fourth-order valence-corrected chi connectivity index (χ4v) is 3.32. The average Bonchev–Trinajstić information content (AvgIpc) is 3.22. The van der Waals surface area contributed by atoms with Gasteiger partial charge in [0, 0.05) is 25.3 Å². The van der Waals surface area contributed by atoms with Gasteiger partial charge in [0.25, 0.3) is 0 Å². The Kier molecular flexibility index (Phi) is 3.65. The second-order valence-electron chi connectivity index (χ2n) is 6.55. The number of hydrogen-bond acceptors (Lipinski definition) is 4. The van der Waals surface area contributed by atoms with Gasteiger partial charge >= 0.3 is 5.69 Å². The summed E-state index contributed by atoms with van der Waals surface area (Å²) in [5.41, 5.74) is 0.276. The molecule has 1 saturated carbocycles. The number of rotatable bonds is 5. The minimum atomic E-state index is -0.281. The lowest BCUT2D eigenvalue weighted by atomic mass is 10.1. The first-order valence-electron chi connectivity index (χ1n) is 8.25. The van der Waals surface area contributed by atoms with Gasteiger partial charge in [-0.2, -0.15) is 0 Å². The molecule has 1 aliphatic carbocycles. The summed E-state index contributed by atoms with van der Waals surface area (Å²) in [4.78, 5) is 26.7. The van der Waals surface area contributed by atoms with Crippen molar-refractivity contribution in [2.45, 2.75) is 31.8 Å². The Balaban J connectivity index is 1.32. The molecule has 7 nitrogen and oxygen atoms in total. The third kappa shape index (κ3) is 3.01. The van der Waals surface area contributed by atoms with E-state index >= 15 is 0 Å². The van der Waals surface area contributed by atoms with E-state index in [1.165, 1.54) is 21.9 Å². The van der Waals surface area contributed by atoms with Crippen LogP contribution in [0.5, 0.6) is 0 Å². The summed E-state index contributed by atoms with van der Waals surface area (Å²) in [5.74, 6) is 0.373. The Morgan fingerprint density at radius 1 is 1.30 bits per heavy atom. The molecule has 23 heavy (non-hydrogen) atoms. The van der Waals surface area contributed by atoms with Crippen molar-refractivity contribution in [3.8, 4) is 0 Å². The van der Waals surface area contributed by atoms with Crippen molar-refractivity contribution in [1.29, 1.82) is 0 Å². The van der Waals surface area contributed by atoms with E-state index in [1.807, 2.05) is 6.07 Å². The Bertz CT molecular complexity index is 776. The predicted molar refractivity (Wildman–Crippen MR) is 85.2 cm³/mol. The summed E-state index contributed by atoms with van der Waals surface area (Å²) in [7, 11) is 0. The zero-order chi connectivity index (χ0) is 15.8. The first-order valence-corrected chi connectivity index (χ1v) is 8.25. The fraction of sp³-hybridized carbons (Fsp3) is 0.562. The van der Waals surface area contributed by atoms with E-state index in [9.17, 15) is 9.59 Å². The number of fused-ring (bicyclic) bond motifs is 1. The molecule has 0 aromatic carbocycles. The highest BCUT2D eigenvalue weighted by Crippen LogP contribution is 2.31. The van der Waals surface area contributed by atoms with Crippen LogP contribution in [-0.4, -0.2) is 50.7 Å². The van der Waals surface area contributed by atoms with Gasteiger partial charge in [-0.25, -0.2) is 9.48 Å². The molecule has 1 aliphatic heterocycles. The van der Waals surface area contributed by atoms with Gasteiger partial charge in [0.15, 0.2) is 5.65 Å². The summed E-state index contributed by atoms with van der Waals surface area (Å²) in [6.07, 6.45) is 5.46. The van der Waals surface area contributed by atoms with E-state index in [-0.39, 0.29) is 18.1 Å². The topological polar surface area (TPSA) is 71.6 Å². The van der Waals surface area contributed by atoms with E-state index in [4.69, 9.17) is 0 Å². The Morgan fingerprint density at radius 2 is 2.17 bits per heavy atom. The number of aromatic nitrogens is 3. The summed E-state index contributed by atoms with van der Waals surface area (Å²) in [5, 5.41) is 7.12. The highest BCUT2D eigenvalue weighted by molar-refractivity contribution is 5.75. The number of hydrogen-bond donors (Lipinski definition) is 1. The maximum atomic E-state index is 12.1. The van der Waals surface area contributed by atoms with E-state index in [0.29, 0.717) is 18.1 Å². The van der Waals surface area contributed by atoms with E-state index in [1.54, 1.807) is 18.3 Å². The zero-order valence-corrected chi connectivity index (χ0v) is 13.0. The summed E-state index contributed by atoms with van der Waals surface area (Å²) >= 11 is 0. The minimum Gasteiger partial charge on any atom is -0.354 e. The van der Waals surface area contributed by atoms with Crippen molar-refractivity contribution in [1.82, 2.24) is 24.4 Å². The van der Waals surface area contributed by atoms with Gasteiger partial charge in [-0.15, -0.1) is 5.10 Å². The van der Waals surface area contributed by atoms with E-state index in [0.717, 1.165) is 25.6 Å². The van der Waals surface area contributed by atoms with Gasteiger partial charge in [-0.05, 0) is 43.9 Å². The molecule has 1 atom stereocenters. The van der Waals surface area contributed by atoms with Crippen LogP contribution in [0.3, 0.4) is 0 Å². The lowest BCUT2D eigenvalue weighted by molar-refractivity contribution is -0.122. The third-order valence-corrected chi connectivity index (χ3v) is 4.75. The highest BCUT2D eigenvalue weighted by Gasteiger charge is 2.34. The second kappa shape index (κ2) is 5.81. The molecule has 0 bridgehead atoms. The Morgan fingerprint density at radius 3 is 2.96 bits per heavy atom. The van der Waals surface area contributed by atoms with Crippen molar-refractivity contribution in [2.75, 3.05) is 19.6 Å². The largest absolute Gasteiger partial charge is 0.354 e. The maximum absolute atomic E-state index is 12.1. The van der Waals surface area contributed by atoms with Gasteiger partial charge in [0.1, 0.15) is 6.54 Å². The number of nitrogens with one attached hydrogen (secondary N) is 1. The van der Waals surface area contributed by atoms with Crippen molar-refractivity contribution in [2.24, 2.45) is 5.92 Å². The lowest BCUT2D eigenvalue weighted by Crippen LogP contribution is -2.36. The molecule has 1 unspecified atom stereocenters. The molecular weight excluding hydrogens is 294 g/mol. The molecule has 3 heterocycles. The van der Waals surface area contributed by atoms with Crippen LogP contribution in [0.1, 0.15) is 19.3 Å². The van der Waals surface area contributed by atoms with E-state index < -0.39 is 0 Å². The monoisotopic (exact) mass is 315 g/mol. The first-order chi connectivity index (χ1) is 11.2. The van der Waals surface area contributed by atoms with E-state index in [2.05, 4.69) is 15.3 Å². The van der Waals surface area contributed by atoms with Crippen LogP contribution >= 0.6 is 0 Å². The van der Waals surface area contributed by atoms with Crippen LogP contribution in [0.15, 0.2) is 29.2 Å². The SMILES string of the molecule is O=C(Cn1nc2ccccn2c1=O)NCC1CCN(C2CC2)C1. The number of carbonyl (C=O) groups is 1. The van der Waals surface area contributed by atoms with Gasteiger partial charge in [-0.3, -0.25) is 9.20 Å². The Hall–Kier alpha value is -2.15. The fourth-order valence-electron chi connectivity index (χ4n) is 3.32. The molecule has 7 heteroatoms. The van der Waals surface area contributed by atoms with Crippen LogP contribution in [0.25, 0.3) is 5.65 Å². The molecule has 0 spiro atoms. The molecule has 1 amide bonds.